The van der Waals surface area contributed by atoms with Crippen molar-refractivity contribution in [3.63, 3.8) is 0 Å². The van der Waals surface area contributed by atoms with Crippen LogP contribution >= 0.6 is 23.2 Å². The Bertz CT molecular complexity index is 483. The molecule has 0 amide bonds. The lowest BCUT2D eigenvalue weighted by molar-refractivity contribution is -0.143. The fraction of sp³-hybridized carbons (Fsp3) is 0.500. The Labute approximate surface area is 140 Å². The number of para-hydroxylation sites is 1. The Hall–Kier alpha value is -1.26. The average molecular weight is 347 g/mol. The number of benzene rings is 1. The van der Waals surface area contributed by atoms with Gasteiger partial charge in [0.1, 0.15) is 0 Å². The van der Waals surface area contributed by atoms with Crippen molar-refractivity contribution in [2.45, 2.75) is 45.4 Å². The maximum Gasteiger partial charge on any atom is 0.311 e. The molecule has 0 bridgehead atoms. The van der Waals surface area contributed by atoms with Crippen LogP contribution in [0.3, 0.4) is 0 Å². The molecule has 0 aliphatic carbocycles. The fourth-order valence-electron chi connectivity index (χ4n) is 1.75. The molecule has 0 unspecified atom stereocenters. The van der Waals surface area contributed by atoms with Gasteiger partial charge in [0, 0.05) is 12.8 Å². The van der Waals surface area contributed by atoms with Gasteiger partial charge < -0.3 is 9.47 Å². The van der Waals surface area contributed by atoms with Gasteiger partial charge in [-0.2, -0.15) is 0 Å². The van der Waals surface area contributed by atoms with E-state index < -0.39 is 0 Å². The molecule has 0 aliphatic heterocycles. The summed E-state index contributed by atoms with van der Waals surface area (Å²) in [6, 6.07) is 4.90. The van der Waals surface area contributed by atoms with Crippen molar-refractivity contribution in [3.8, 4) is 5.75 Å². The first kappa shape index (κ1) is 18.8. The van der Waals surface area contributed by atoms with Gasteiger partial charge in [-0.3, -0.25) is 9.59 Å². The minimum absolute atomic E-state index is 0.188. The third kappa shape index (κ3) is 7.14. The molecule has 0 spiro atoms. The first-order chi connectivity index (χ1) is 10.5. The second-order valence-corrected chi connectivity index (χ2v) is 5.62. The molecule has 0 saturated carbocycles. The van der Waals surface area contributed by atoms with Crippen LogP contribution < -0.4 is 4.74 Å². The molecule has 0 aliphatic rings. The highest BCUT2D eigenvalue weighted by Gasteiger charge is 2.12. The predicted octanol–water partition coefficient (Wildman–Crippen LogP) is 4.80. The van der Waals surface area contributed by atoms with E-state index in [1.165, 1.54) is 0 Å². The van der Waals surface area contributed by atoms with Gasteiger partial charge in [0.15, 0.2) is 5.75 Å². The Morgan fingerprint density at radius 3 is 2.18 bits per heavy atom. The summed E-state index contributed by atoms with van der Waals surface area (Å²) in [6.45, 7) is 2.41. The van der Waals surface area contributed by atoms with Crippen molar-refractivity contribution in [3.05, 3.63) is 28.2 Å². The summed E-state index contributed by atoms with van der Waals surface area (Å²) < 4.78 is 10.1. The maximum atomic E-state index is 11.7. The van der Waals surface area contributed by atoms with Crippen LogP contribution in [0.15, 0.2) is 18.2 Å². The van der Waals surface area contributed by atoms with E-state index in [-0.39, 0.29) is 24.1 Å². The van der Waals surface area contributed by atoms with Crippen molar-refractivity contribution in [1.82, 2.24) is 0 Å². The van der Waals surface area contributed by atoms with Gasteiger partial charge in [0.2, 0.25) is 0 Å². The molecule has 0 N–H and O–H groups in total. The van der Waals surface area contributed by atoms with Crippen molar-refractivity contribution in [2.75, 3.05) is 6.61 Å². The standard InChI is InChI=1S/C16H20Cl2O4/c1-2-11-21-14(19)9-4-3-5-10-15(20)22-16-12(17)7-6-8-13(16)18/h6-8H,2-5,9-11H2,1H3. The van der Waals surface area contributed by atoms with E-state index in [0.29, 0.717) is 35.9 Å². The number of carbonyl (C=O) groups is 2. The molecule has 1 rings (SSSR count). The molecule has 0 heterocycles. The fourth-order valence-corrected chi connectivity index (χ4v) is 2.22. The summed E-state index contributed by atoms with van der Waals surface area (Å²) in [5.74, 6) is -0.380. The maximum absolute atomic E-state index is 11.7. The van der Waals surface area contributed by atoms with Crippen LogP contribution in [0.5, 0.6) is 5.75 Å². The van der Waals surface area contributed by atoms with Crippen molar-refractivity contribution in [1.29, 1.82) is 0 Å². The Morgan fingerprint density at radius 2 is 1.59 bits per heavy atom. The molecule has 1 aromatic carbocycles. The van der Waals surface area contributed by atoms with E-state index in [4.69, 9.17) is 32.7 Å². The number of carbonyl (C=O) groups excluding carboxylic acids is 2. The van der Waals surface area contributed by atoms with Gasteiger partial charge in [0.25, 0.3) is 0 Å². The van der Waals surface area contributed by atoms with Gasteiger partial charge in [0.05, 0.1) is 16.7 Å². The van der Waals surface area contributed by atoms with Crippen LogP contribution in [-0.4, -0.2) is 18.5 Å². The summed E-state index contributed by atoms with van der Waals surface area (Å²) in [4.78, 5) is 23.0. The number of halogens is 2. The summed E-state index contributed by atoms with van der Waals surface area (Å²) in [5.41, 5.74) is 0. The predicted molar refractivity (Wildman–Crippen MR) is 86.4 cm³/mol. The van der Waals surface area contributed by atoms with Crippen LogP contribution in [0.25, 0.3) is 0 Å². The van der Waals surface area contributed by atoms with Crippen LogP contribution in [0, 0.1) is 0 Å². The van der Waals surface area contributed by atoms with Gasteiger partial charge in [-0.1, -0.05) is 42.6 Å². The molecule has 1 aromatic rings. The summed E-state index contributed by atoms with van der Waals surface area (Å²) >= 11 is 11.8. The highest BCUT2D eigenvalue weighted by Crippen LogP contribution is 2.32. The Kier molecular flexibility index (Phi) is 8.94. The zero-order chi connectivity index (χ0) is 16.4. The number of ether oxygens (including phenoxy) is 2. The number of hydrogen-bond acceptors (Lipinski definition) is 4. The van der Waals surface area contributed by atoms with Crippen LogP contribution in [0.1, 0.15) is 45.4 Å². The number of hydrogen-bond donors (Lipinski definition) is 0. The van der Waals surface area contributed by atoms with E-state index in [0.717, 1.165) is 12.8 Å². The third-order valence-corrected chi connectivity index (χ3v) is 3.46. The minimum Gasteiger partial charge on any atom is -0.466 e. The zero-order valence-electron chi connectivity index (χ0n) is 12.6. The van der Waals surface area contributed by atoms with Gasteiger partial charge in [-0.25, -0.2) is 0 Å². The lowest BCUT2D eigenvalue weighted by Crippen LogP contribution is -2.08. The van der Waals surface area contributed by atoms with E-state index >= 15 is 0 Å². The summed E-state index contributed by atoms with van der Waals surface area (Å²) in [6.07, 6.45) is 3.55. The highest BCUT2D eigenvalue weighted by atomic mass is 35.5. The van der Waals surface area contributed by atoms with Crippen molar-refractivity contribution >= 4 is 35.1 Å². The second-order valence-electron chi connectivity index (χ2n) is 4.81. The summed E-state index contributed by atoms with van der Waals surface area (Å²) in [5, 5.41) is 0.610. The topological polar surface area (TPSA) is 52.6 Å². The number of unbranched alkanes of at least 4 members (excludes halogenated alkanes) is 2. The van der Waals surface area contributed by atoms with Gasteiger partial charge in [-0.05, 0) is 31.4 Å². The molecular formula is C16H20Cl2O4. The van der Waals surface area contributed by atoms with Crippen LogP contribution in [0.2, 0.25) is 10.0 Å². The molecule has 6 heteroatoms. The Morgan fingerprint density at radius 1 is 1.00 bits per heavy atom. The highest BCUT2D eigenvalue weighted by molar-refractivity contribution is 6.37. The largest absolute Gasteiger partial charge is 0.466 e. The molecule has 0 atom stereocenters. The van der Waals surface area contributed by atoms with Crippen molar-refractivity contribution in [2.24, 2.45) is 0 Å². The van der Waals surface area contributed by atoms with Crippen molar-refractivity contribution < 1.29 is 19.1 Å². The van der Waals surface area contributed by atoms with Crippen LogP contribution in [0.4, 0.5) is 0 Å². The molecule has 0 aromatic heterocycles. The quantitative estimate of drug-likeness (QED) is 0.366. The van der Waals surface area contributed by atoms with E-state index in [2.05, 4.69) is 0 Å². The molecule has 22 heavy (non-hydrogen) atoms. The van der Waals surface area contributed by atoms with E-state index in [9.17, 15) is 9.59 Å². The number of esters is 2. The normalized spacial score (nSPS) is 10.3. The monoisotopic (exact) mass is 346 g/mol. The third-order valence-electron chi connectivity index (χ3n) is 2.86. The first-order valence-electron chi connectivity index (χ1n) is 7.35. The molecule has 122 valence electrons. The molecular weight excluding hydrogens is 327 g/mol. The minimum atomic E-state index is -0.386. The molecule has 0 saturated heterocycles. The second kappa shape index (κ2) is 10.5. The lowest BCUT2D eigenvalue weighted by atomic mass is 10.1. The Balaban J connectivity index is 2.20. The van der Waals surface area contributed by atoms with Gasteiger partial charge >= 0.3 is 11.9 Å². The van der Waals surface area contributed by atoms with Gasteiger partial charge in [-0.15, -0.1) is 0 Å². The summed E-state index contributed by atoms with van der Waals surface area (Å²) in [7, 11) is 0. The SMILES string of the molecule is CCCOC(=O)CCCCCC(=O)Oc1c(Cl)cccc1Cl. The smallest absolute Gasteiger partial charge is 0.311 e. The molecule has 0 fully saturated rings. The molecule has 4 nitrogen and oxygen atoms in total. The van der Waals surface area contributed by atoms with E-state index in [1.54, 1.807) is 18.2 Å². The number of rotatable bonds is 9. The van der Waals surface area contributed by atoms with E-state index in [1.807, 2.05) is 6.92 Å². The zero-order valence-corrected chi connectivity index (χ0v) is 14.1. The first-order valence-corrected chi connectivity index (χ1v) is 8.10. The molecule has 0 radical (unpaired) electrons. The van der Waals surface area contributed by atoms with Crippen LogP contribution in [-0.2, 0) is 14.3 Å². The average Bonchev–Trinajstić information content (AvgIpc) is 2.48. The lowest BCUT2D eigenvalue weighted by Gasteiger charge is -2.07.